The average Bonchev–Trinajstić information content (AvgIpc) is 3.34. The number of nitrogens with zero attached hydrogens (tertiary/aromatic N) is 3. The second-order valence-corrected chi connectivity index (χ2v) is 8.37. The lowest BCUT2D eigenvalue weighted by Gasteiger charge is -2.34. The van der Waals surface area contributed by atoms with Gasteiger partial charge in [0.1, 0.15) is 28.0 Å². The number of ether oxygens (including phenoxy) is 3. The van der Waals surface area contributed by atoms with E-state index >= 15 is 0 Å². The molecule has 0 spiro atoms. The summed E-state index contributed by atoms with van der Waals surface area (Å²) in [4.78, 5) is 21.8. The largest absolute Gasteiger partial charge is 0.497 e. The Balaban J connectivity index is 1.36. The molecule has 0 unspecified atom stereocenters. The third-order valence-electron chi connectivity index (χ3n) is 5.60. The number of amides is 1. The van der Waals surface area contributed by atoms with Crippen molar-refractivity contribution >= 4 is 17.2 Å². The summed E-state index contributed by atoms with van der Waals surface area (Å²) in [5, 5.41) is 2.68. The van der Waals surface area contributed by atoms with Crippen LogP contribution in [0, 0.1) is 0 Å². The molecule has 32 heavy (non-hydrogen) atoms. The van der Waals surface area contributed by atoms with Gasteiger partial charge in [0.05, 0.1) is 21.3 Å². The summed E-state index contributed by atoms with van der Waals surface area (Å²) in [6, 6.07) is 13.5. The van der Waals surface area contributed by atoms with Crippen molar-refractivity contribution in [3.63, 3.8) is 0 Å². The molecule has 0 aliphatic carbocycles. The molecule has 1 fully saturated rings. The number of rotatable bonds is 7. The Hall–Kier alpha value is -3.10. The van der Waals surface area contributed by atoms with E-state index in [2.05, 4.69) is 9.88 Å². The van der Waals surface area contributed by atoms with Crippen molar-refractivity contribution in [3.05, 3.63) is 59.1 Å². The van der Waals surface area contributed by atoms with E-state index in [0.717, 1.165) is 53.0 Å². The van der Waals surface area contributed by atoms with Crippen LogP contribution in [0.1, 0.15) is 16.1 Å². The molecule has 1 saturated heterocycles. The molecule has 0 atom stereocenters. The molecule has 3 aromatic rings. The van der Waals surface area contributed by atoms with Crippen molar-refractivity contribution in [1.29, 1.82) is 0 Å². The maximum absolute atomic E-state index is 13.0. The van der Waals surface area contributed by atoms with E-state index in [9.17, 15) is 4.79 Å². The molecular weight excluding hydrogens is 426 g/mol. The lowest BCUT2D eigenvalue weighted by Crippen LogP contribution is -2.48. The first kappa shape index (κ1) is 22.1. The summed E-state index contributed by atoms with van der Waals surface area (Å²) in [6.07, 6.45) is 0. The predicted octanol–water partition coefficient (Wildman–Crippen LogP) is 3.79. The lowest BCUT2D eigenvalue weighted by molar-refractivity contribution is 0.0622. The highest BCUT2D eigenvalue weighted by Crippen LogP contribution is 2.27. The first-order valence-electron chi connectivity index (χ1n) is 10.4. The minimum Gasteiger partial charge on any atom is -0.497 e. The van der Waals surface area contributed by atoms with Gasteiger partial charge in [0.15, 0.2) is 0 Å². The maximum Gasteiger partial charge on any atom is 0.273 e. The Bertz CT molecular complexity index is 1060. The second-order valence-electron chi connectivity index (χ2n) is 7.51. The van der Waals surface area contributed by atoms with E-state index < -0.39 is 0 Å². The first-order chi connectivity index (χ1) is 15.6. The third-order valence-corrected chi connectivity index (χ3v) is 6.49. The van der Waals surface area contributed by atoms with Crippen LogP contribution in [0.5, 0.6) is 17.2 Å². The number of carbonyl (C=O) groups excluding carboxylic acids is 1. The smallest absolute Gasteiger partial charge is 0.273 e. The average molecular weight is 454 g/mol. The van der Waals surface area contributed by atoms with Gasteiger partial charge in [-0.1, -0.05) is 0 Å². The number of methoxy groups -OCH3 is 3. The van der Waals surface area contributed by atoms with Gasteiger partial charge in [-0.2, -0.15) is 0 Å². The summed E-state index contributed by atoms with van der Waals surface area (Å²) in [5.41, 5.74) is 2.56. The molecule has 0 saturated carbocycles. The molecule has 4 rings (SSSR count). The van der Waals surface area contributed by atoms with Crippen molar-refractivity contribution in [3.8, 4) is 27.8 Å². The minimum absolute atomic E-state index is 0.0142. The van der Waals surface area contributed by atoms with E-state index in [1.54, 1.807) is 21.3 Å². The third kappa shape index (κ3) is 4.87. The fraction of sp³-hybridized carbons (Fsp3) is 0.333. The number of hydrogen-bond donors (Lipinski definition) is 0. The highest BCUT2D eigenvalue weighted by Gasteiger charge is 2.24. The zero-order valence-electron chi connectivity index (χ0n) is 18.5. The summed E-state index contributed by atoms with van der Waals surface area (Å²) < 4.78 is 16.0. The van der Waals surface area contributed by atoms with Crippen molar-refractivity contribution in [2.24, 2.45) is 0 Å². The molecule has 0 radical (unpaired) electrons. The fourth-order valence-electron chi connectivity index (χ4n) is 3.76. The zero-order chi connectivity index (χ0) is 22.5. The Morgan fingerprint density at radius 1 is 0.938 bits per heavy atom. The second kappa shape index (κ2) is 10.0. The molecule has 168 valence electrons. The van der Waals surface area contributed by atoms with Gasteiger partial charge in [-0.3, -0.25) is 9.69 Å². The molecule has 1 aromatic heterocycles. The Kier molecular flexibility index (Phi) is 6.92. The van der Waals surface area contributed by atoms with Crippen molar-refractivity contribution in [2.45, 2.75) is 6.54 Å². The van der Waals surface area contributed by atoms with Gasteiger partial charge in [0.25, 0.3) is 5.91 Å². The molecule has 7 nitrogen and oxygen atoms in total. The van der Waals surface area contributed by atoms with E-state index in [1.165, 1.54) is 11.3 Å². The van der Waals surface area contributed by atoms with Crippen LogP contribution < -0.4 is 14.2 Å². The normalized spacial score (nSPS) is 14.3. The van der Waals surface area contributed by atoms with Crippen molar-refractivity contribution < 1.29 is 19.0 Å². The van der Waals surface area contributed by atoms with Gasteiger partial charge >= 0.3 is 0 Å². The van der Waals surface area contributed by atoms with Gasteiger partial charge in [-0.25, -0.2) is 4.98 Å². The standard InChI is InChI=1S/C24H27N3O4S/c1-29-19-6-4-17(5-7-19)23-25-21(16-32-23)24(28)27-12-10-26(11-13-27)15-18-14-20(30-2)8-9-22(18)31-3/h4-9,14,16H,10-13,15H2,1-3H3. The number of piperazine rings is 1. The molecule has 2 heterocycles. The number of aromatic nitrogens is 1. The van der Waals surface area contributed by atoms with Crippen LogP contribution in [-0.4, -0.2) is 68.2 Å². The van der Waals surface area contributed by atoms with Gasteiger partial charge in [0, 0.05) is 49.2 Å². The predicted molar refractivity (Wildman–Crippen MR) is 125 cm³/mol. The number of benzene rings is 2. The molecule has 1 amide bonds. The Labute approximate surface area is 192 Å². The number of thiazole rings is 1. The highest BCUT2D eigenvalue weighted by molar-refractivity contribution is 7.13. The quantitative estimate of drug-likeness (QED) is 0.542. The number of carbonyl (C=O) groups is 1. The molecule has 2 aromatic carbocycles. The summed E-state index contributed by atoms with van der Waals surface area (Å²) in [7, 11) is 4.98. The van der Waals surface area contributed by atoms with Crippen LogP contribution in [-0.2, 0) is 6.54 Å². The SMILES string of the molecule is COc1ccc(-c2nc(C(=O)N3CCN(Cc4cc(OC)ccc4OC)CC3)cs2)cc1. The van der Waals surface area contributed by atoms with Gasteiger partial charge < -0.3 is 19.1 Å². The molecule has 1 aliphatic rings. The summed E-state index contributed by atoms with van der Waals surface area (Å²) in [6.45, 7) is 3.67. The first-order valence-corrected chi connectivity index (χ1v) is 11.3. The molecule has 0 N–H and O–H groups in total. The Morgan fingerprint density at radius 2 is 1.62 bits per heavy atom. The van der Waals surface area contributed by atoms with Gasteiger partial charge in [-0.05, 0) is 42.5 Å². The van der Waals surface area contributed by atoms with Crippen LogP contribution >= 0.6 is 11.3 Å². The molecule has 0 bridgehead atoms. The topological polar surface area (TPSA) is 64.1 Å². The van der Waals surface area contributed by atoms with Crippen LogP contribution in [0.2, 0.25) is 0 Å². The Morgan fingerprint density at radius 3 is 2.28 bits per heavy atom. The number of hydrogen-bond acceptors (Lipinski definition) is 7. The van der Waals surface area contributed by atoms with E-state index in [0.29, 0.717) is 18.8 Å². The zero-order valence-corrected chi connectivity index (χ0v) is 19.4. The van der Waals surface area contributed by atoms with Crippen LogP contribution in [0.3, 0.4) is 0 Å². The van der Waals surface area contributed by atoms with Crippen LogP contribution in [0.25, 0.3) is 10.6 Å². The molecule has 8 heteroatoms. The van der Waals surface area contributed by atoms with Crippen molar-refractivity contribution in [1.82, 2.24) is 14.8 Å². The molecular formula is C24H27N3O4S. The fourth-order valence-corrected chi connectivity index (χ4v) is 4.56. The summed E-state index contributed by atoms with van der Waals surface area (Å²) >= 11 is 1.48. The maximum atomic E-state index is 13.0. The van der Waals surface area contributed by atoms with E-state index in [-0.39, 0.29) is 5.91 Å². The van der Waals surface area contributed by atoms with E-state index in [1.807, 2.05) is 52.7 Å². The van der Waals surface area contributed by atoms with Crippen molar-refractivity contribution in [2.75, 3.05) is 47.5 Å². The van der Waals surface area contributed by atoms with Gasteiger partial charge in [0.2, 0.25) is 0 Å². The van der Waals surface area contributed by atoms with E-state index in [4.69, 9.17) is 14.2 Å². The van der Waals surface area contributed by atoms with Crippen LogP contribution in [0.4, 0.5) is 0 Å². The summed E-state index contributed by atoms with van der Waals surface area (Å²) in [5.74, 6) is 2.44. The minimum atomic E-state index is -0.0142. The highest BCUT2D eigenvalue weighted by atomic mass is 32.1. The monoisotopic (exact) mass is 453 g/mol. The van der Waals surface area contributed by atoms with Gasteiger partial charge in [-0.15, -0.1) is 11.3 Å². The lowest BCUT2D eigenvalue weighted by atomic mass is 10.1. The van der Waals surface area contributed by atoms with Crippen LogP contribution in [0.15, 0.2) is 47.8 Å². The molecule has 1 aliphatic heterocycles.